The molecule has 1 amide bonds. The first kappa shape index (κ1) is 15.6. The Morgan fingerprint density at radius 1 is 1.42 bits per heavy atom. The van der Waals surface area contributed by atoms with Crippen molar-refractivity contribution in [3.05, 3.63) is 34.3 Å². The van der Waals surface area contributed by atoms with E-state index in [0.29, 0.717) is 22.7 Å². The van der Waals surface area contributed by atoms with Crippen molar-refractivity contribution in [2.75, 3.05) is 13.1 Å². The minimum atomic E-state index is -0.129. The summed E-state index contributed by atoms with van der Waals surface area (Å²) in [5, 5.41) is 3.34. The van der Waals surface area contributed by atoms with Gasteiger partial charge in [0.05, 0.1) is 11.6 Å². The third-order valence-electron chi connectivity index (χ3n) is 2.34. The van der Waals surface area contributed by atoms with Crippen molar-refractivity contribution < 1.29 is 4.79 Å². The maximum absolute atomic E-state index is 11.9. The first-order chi connectivity index (χ1) is 8.83. The van der Waals surface area contributed by atoms with Crippen molar-refractivity contribution in [3.8, 4) is 11.8 Å². The average Bonchev–Trinajstić information content (AvgIpc) is 2.33. The Labute approximate surface area is 119 Å². The van der Waals surface area contributed by atoms with Gasteiger partial charge in [0.15, 0.2) is 0 Å². The van der Waals surface area contributed by atoms with Crippen LogP contribution in [0.3, 0.4) is 0 Å². The number of benzene rings is 1. The zero-order valence-electron chi connectivity index (χ0n) is 11.5. The van der Waals surface area contributed by atoms with Gasteiger partial charge in [0.1, 0.15) is 0 Å². The van der Waals surface area contributed by atoms with E-state index in [-0.39, 0.29) is 17.9 Å². The largest absolute Gasteiger partial charge is 0.352 e. The Balaban J connectivity index is 2.80. The molecule has 0 radical (unpaired) electrons. The van der Waals surface area contributed by atoms with Gasteiger partial charge in [-0.1, -0.05) is 44.2 Å². The summed E-state index contributed by atoms with van der Waals surface area (Å²) in [4.78, 5) is 11.9. The zero-order valence-corrected chi connectivity index (χ0v) is 12.3. The van der Waals surface area contributed by atoms with Gasteiger partial charge < -0.3 is 11.1 Å². The van der Waals surface area contributed by atoms with E-state index < -0.39 is 0 Å². The molecule has 0 atom stereocenters. The van der Waals surface area contributed by atoms with Gasteiger partial charge in [-0.15, -0.1) is 0 Å². The fourth-order valence-electron chi connectivity index (χ4n) is 1.35. The van der Waals surface area contributed by atoms with E-state index in [1.165, 1.54) is 0 Å². The number of halogens is 1. The molecule has 0 fully saturated rings. The molecule has 0 saturated heterocycles. The molecular weight excluding hydrogens is 260 g/mol. The summed E-state index contributed by atoms with van der Waals surface area (Å²) in [6, 6.07) is 5.07. The molecule has 102 valence electrons. The van der Waals surface area contributed by atoms with Crippen LogP contribution in [-0.2, 0) is 0 Å². The van der Waals surface area contributed by atoms with E-state index in [4.69, 9.17) is 17.3 Å². The Bertz CT molecular complexity index is 521. The smallest absolute Gasteiger partial charge is 0.251 e. The number of carbonyl (C=O) groups excluding carboxylic acids is 1. The van der Waals surface area contributed by atoms with Crippen LogP contribution in [0.5, 0.6) is 0 Å². The second-order valence-electron chi connectivity index (χ2n) is 5.44. The van der Waals surface area contributed by atoms with Gasteiger partial charge in [0.25, 0.3) is 5.91 Å². The molecule has 0 bridgehead atoms. The lowest BCUT2D eigenvalue weighted by molar-refractivity contribution is 0.0939. The molecule has 0 unspecified atom stereocenters. The molecule has 0 aromatic heterocycles. The van der Waals surface area contributed by atoms with Crippen LogP contribution in [0.15, 0.2) is 18.2 Å². The van der Waals surface area contributed by atoms with Crippen LogP contribution >= 0.6 is 11.6 Å². The summed E-state index contributed by atoms with van der Waals surface area (Å²) in [5.41, 5.74) is 6.57. The van der Waals surface area contributed by atoms with E-state index in [2.05, 4.69) is 37.9 Å². The summed E-state index contributed by atoms with van der Waals surface area (Å²) in [5.74, 6) is 5.46. The van der Waals surface area contributed by atoms with E-state index >= 15 is 0 Å². The average molecular weight is 279 g/mol. The molecule has 0 aliphatic carbocycles. The van der Waals surface area contributed by atoms with Gasteiger partial charge >= 0.3 is 0 Å². The van der Waals surface area contributed by atoms with Crippen molar-refractivity contribution in [2.24, 2.45) is 11.1 Å². The maximum atomic E-state index is 11.9. The molecule has 1 aromatic rings. The lowest BCUT2D eigenvalue weighted by Gasteiger charge is -2.18. The highest BCUT2D eigenvalue weighted by Gasteiger charge is 2.13. The third kappa shape index (κ3) is 5.34. The minimum Gasteiger partial charge on any atom is -0.352 e. The molecule has 0 aliphatic heterocycles. The van der Waals surface area contributed by atoms with Crippen molar-refractivity contribution in [3.63, 3.8) is 0 Å². The lowest BCUT2D eigenvalue weighted by atomic mass is 9.97. The van der Waals surface area contributed by atoms with Gasteiger partial charge in [0.2, 0.25) is 0 Å². The van der Waals surface area contributed by atoms with E-state index in [9.17, 15) is 4.79 Å². The van der Waals surface area contributed by atoms with Crippen LogP contribution in [0.1, 0.15) is 36.7 Å². The molecule has 4 heteroatoms. The fourth-order valence-corrected chi connectivity index (χ4v) is 1.58. The van der Waals surface area contributed by atoms with Gasteiger partial charge in [-0.05, 0) is 23.6 Å². The number of amides is 1. The molecule has 0 aliphatic rings. The quantitative estimate of drug-likeness (QED) is 0.817. The van der Waals surface area contributed by atoms with Crippen LogP contribution in [0, 0.1) is 17.3 Å². The number of carbonyl (C=O) groups is 1. The Hall–Kier alpha value is -1.50. The molecule has 0 heterocycles. The van der Waals surface area contributed by atoms with E-state index in [1.807, 2.05) is 0 Å². The molecule has 1 aromatic carbocycles. The molecule has 3 N–H and O–H groups in total. The Morgan fingerprint density at radius 3 is 2.63 bits per heavy atom. The van der Waals surface area contributed by atoms with E-state index in [0.717, 1.165) is 0 Å². The van der Waals surface area contributed by atoms with Gasteiger partial charge in [-0.25, -0.2) is 0 Å². The molecule has 3 nitrogen and oxygen atoms in total. The van der Waals surface area contributed by atoms with Crippen LogP contribution in [0.4, 0.5) is 0 Å². The highest BCUT2D eigenvalue weighted by molar-refractivity contribution is 6.32. The minimum absolute atomic E-state index is 0.0476. The van der Waals surface area contributed by atoms with Crippen molar-refractivity contribution >= 4 is 17.5 Å². The molecular formula is C15H19ClN2O. The summed E-state index contributed by atoms with van der Waals surface area (Å²) >= 11 is 6.08. The lowest BCUT2D eigenvalue weighted by Crippen LogP contribution is -2.32. The second kappa shape index (κ2) is 6.60. The standard InChI is InChI=1S/C15H19ClN2O/c1-15(2,3)10-18-14(19)12-7-6-11(5-4-8-17)13(16)9-12/h6-7,9H,8,10,17H2,1-3H3,(H,18,19). The summed E-state index contributed by atoms with van der Waals surface area (Å²) < 4.78 is 0. The van der Waals surface area contributed by atoms with Crippen LogP contribution < -0.4 is 11.1 Å². The van der Waals surface area contributed by atoms with Crippen molar-refractivity contribution in [1.82, 2.24) is 5.32 Å². The first-order valence-electron chi connectivity index (χ1n) is 6.10. The van der Waals surface area contributed by atoms with Crippen molar-refractivity contribution in [2.45, 2.75) is 20.8 Å². The maximum Gasteiger partial charge on any atom is 0.251 e. The molecule has 19 heavy (non-hydrogen) atoms. The van der Waals surface area contributed by atoms with Crippen LogP contribution in [0.2, 0.25) is 5.02 Å². The van der Waals surface area contributed by atoms with Gasteiger partial charge in [-0.2, -0.15) is 0 Å². The molecule has 0 spiro atoms. The Morgan fingerprint density at radius 2 is 2.11 bits per heavy atom. The van der Waals surface area contributed by atoms with Crippen LogP contribution in [0.25, 0.3) is 0 Å². The highest BCUT2D eigenvalue weighted by atomic mass is 35.5. The normalized spacial score (nSPS) is 10.6. The molecule has 1 rings (SSSR count). The van der Waals surface area contributed by atoms with Crippen LogP contribution in [-0.4, -0.2) is 19.0 Å². The molecule has 0 saturated carbocycles. The number of hydrogen-bond acceptors (Lipinski definition) is 2. The van der Waals surface area contributed by atoms with E-state index in [1.54, 1.807) is 18.2 Å². The van der Waals surface area contributed by atoms with Crippen molar-refractivity contribution in [1.29, 1.82) is 0 Å². The Kier molecular flexibility index (Phi) is 5.41. The number of nitrogens with two attached hydrogens (primary N) is 1. The summed E-state index contributed by atoms with van der Waals surface area (Å²) in [6.45, 7) is 7.08. The van der Waals surface area contributed by atoms with Gasteiger partial charge in [0, 0.05) is 17.7 Å². The fraction of sp³-hybridized carbons (Fsp3) is 0.400. The topological polar surface area (TPSA) is 55.1 Å². The monoisotopic (exact) mass is 278 g/mol. The SMILES string of the molecule is CC(C)(C)CNC(=O)c1ccc(C#CCN)c(Cl)c1. The number of rotatable bonds is 2. The number of nitrogens with one attached hydrogen (secondary N) is 1. The zero-order chi connectivity index (χ0) is 14.5. The third-order valence-corrected chi connectivity index (χ3v) is 2.65. The summed E-state index contributed by atoms with van der Waals surface area (Å²) in [7, 11) is 0. The number of hydrogen-bond donors (Lipinski definition) is 2. The summed E-state index contributed by atoms with van der Waals surface area (Å²) in [6.07, 6.45) is 0. The highest BCUT2D eigenvalue weighted by Crippen LogP contribution is 2.17. The predicted molar refractivity (Wildman–Crippen MR) is 79.2 cm³/mol. The predicted octanol–water partition coefficient (Wildman–Crippen LogP) is 2.43. The first-order valence-corrected chi connectivity index (χ1v) is 6.48. The second-order valence-corrected chi connectivity index (χ2v) is 5.85. The van der Waals surface area contributed by atoms with Gasteiger partial charge in [-0.3, -0.25) is 4.79 Å².